The summed E-state index contributed by atoms with van der Waals surface area (Å²) >= 11 is 0. The van der Waals surface area contributed by atoms with Gasteiger partial charge in [-0.3, -0.25) is 0 Å². The van der Waals surface area contributed by atoms with Gasteiger partial charge in [-0.2, -0.15) is 0 Å². The maximum atomic E-state index is 3.92. The molecule has 0 aliphatic heterocycles. The molecule has 0 atom stereocenters. The van der Waals surface area contributed by atoms with Crippen LogP contribution in [0.5, 0.6) is 0 Å². The second-order valence-electron chi connectivity index (χ2n) is 1.68. The first-order chi connectivity index (χ1) is 3.13. The van der Waals surface area contributed by atoms with Crippen LogP contribution in [-0.2, 0) is 0 Å². The van der Waals surface area contributed by atoms with E-state index in [1.165, 1.54) is 0 Å². The van der Waals surface area contributed by atoms with E-state index in [1.807, 2.05) is 21.0 Å². The first-order valence-corrected chi connectivity index (χ1v) is 2.17. The van der Waals surface area contributed by atoms with Gasteiger partial charge >= 0.3 is 18.9 Å². The molecule has 0 aliphatic carbocycles. The zero-order chi connectivity index (χ0) is 5.86. The van der Waals surface area contributed by atoms with Crippen LogP contribution in [0.1, 0.15) is 6.92 Å². The minimum absolute atomic E-state index is 0. The fraction of sp³-hybridized carbons (Fsp3) is 0.600. The number of hydrogen-bond acceptors (Lipinski definition) is 2. The van der Waals surface area contributed by atoms with Crippen molar-refractivity contribution >= 4 is 5.71 Å². The van der Waals surface area contributed by atoms with Crippen molar-refractivity contribution < 1.29 is 18.9 Å². The molecule has 0 saturated heterocycles. The van der Waals surface area contributed by atoms with Gasteiger partial charge in [-0.1, -0.05) is 6.92 Å². The van der Waals surface area contributed by atoms with Crippen LogP contribution in [0.25, 0.3) is 0 Å². The zero-order valence-electron chi connectivity index (χ0n) is 6.10. The summed E-state index contributed by atoms with van der Waals surface area (Å²) in [6.07, 6.45) is 0. The molecular formula is C5H11LiN2. The van der Waals surface area contributed by atoms with Gasteiger partial charge in [0.25, 0.3) is 0 Å². The number of hydrazone groups is 1. The van der Waals surface area contributed by atoms with Crippen molar-refractivity contribution in [1.29, 1.82) is 0 Å². The van der Waals surface area contributed by atoms with Crippen molar-refractivity contribution in [2.75, 3.05) is 14.1 Å². The Kier molecular flexibility index (Phi) is 6.88. The van der Waals surface area contributed by atoms with Crippen LogP contribution in [-0.4, -0.2) is 24.8 Å². The number of nitrogens with zero attached hydrogens (tertiary/aromatic N) is 2. The number of rotatable bonds is 1. The van der Waals surface area contributed by atoms with Gasteiger partial charge in [-0.25, -0.2) is 5.10 Å². The van der Waals surface area contributed by atoms with Gasteiger partial charge < -0.3 is 11.9 Å². The Labute approximate surface area is 63.1 Å². The Morgan fingerprint density at radius 2 is 1.88 bits per heavy atom. The second kappa shape index (κ2) is 5.08. The minimum Gasteiger partial charge on any atom is -0.359 e. The van der Waals surface area contributed by atoms with Crippen LogP contribution in [0.3, 0.4) is 0 Å². The molecule has 0 fully saturated rings. The molecule has 3 heteroatoms. The maximum absolute atomic E-state index is 3.92. The third-order valence-electron chi connectivity index (χ3n) is 0.371. The molecule has 0 heterocycles. The third-order valence-corrected chi connectivity index (χ3v) is 0.371. The van der Waals surface area contributed by atoms with E-state index >= 15 is 0 Å². The summed E-state index contributed by atoms with van der Waals surface area (Å²) in [6.45, 7) is 5.45. The molecule has 0 unspecified atom stereocenters. The zero-order valence-corrected chi connectivity index (χ0v) is 6.10. The smallest absolute Gasteiger partial charge is 0.359 e. The molecule has 0 spiro atoms. The van der Waals surface area contributed by atoms with Gasteiger partial charge in [0.1, 0.15) is 0 Å². The van der Waals surface area contributed by atoms with E-state index in [1.54, 1.807) is 5.01 Å². The largest absolute Gasteiger partial charge is 1.00 e. The monoisotopic (exact) mass is 106 g/mol. The predicted molar refractivity (Wildman–Crippen MR) is 32.2 cm³/mol. The van der Waals surface area contributed by atoms with Crippen molar-refractivity contribution in [3.05, 3.63) is 6.92 Å². The molecule has 2 nitrogen and oxygen atoms in total. The van der Waals surface area contributed by atoms with E-state index in [-0.39, 0.29) is 18.9 Å². The number of hydrogen-bond donors (Lipinski definition) is 0. The topological polar surface area (TPSA) is 15.6 Å². The van der Waals surface area contributed by atoms with Crippen LogP contribution in [0.4, 0.5) is 0 Å². The van der Waals surface area contributed by atoms with Crippen LogP contribution in [0.2, 0.25) is 0 Å². The Morgan fingerprint density at radius 3 is 1.88 bits per heavy atom. The Bertz CT molecular complexity index is 74.5. The van der Waals surface area contributed by atoms with E-state index in [0.717, 1.165) is 5.71 Å². The third kappa shape index (κ3) is 9.34. The molecule has 0 aromatic carbocycles. The van der Waals surface area contributed by atoms with Gasteiger partial charge in [-0.15, -0.1) is 5.71 Å². The SMILES string of the molecule is [CH2-]C(C)=NN(C)C.[Li+]. The van der Waals surface area contributed by atoms with Crippen molar-refractivity contribution in [2.24, 2.45) is 5.10 Å². The van der Waals surface area contributed by atoms with E-state index in [0.29, 0.717) is 0 Å². The first kappa shape index (κ1) is 10.8. The van der Waals surface area contributed by atoms with Crippen LogP contribution in [0, 0.1) is 6.92 Å². The molecule has 0 radical (unpaired) electrons. The summed E-state index contributed by atoms with van der Waals surface area (Å²) in [7, 11) is 3.74. The molecule has 0 amide bonds. The molecule has 0 aromatic rings. The van der Waals surface area contributed by atoms with Gasteiger partial charge in [0.05, 0.1) is 0 Å². The molecule has 0 rings (SSSR count). The summed E-state index contributed by atoms with van der Waals surface area (Å²) in [5, 5.41) is 5.64. The summed E-state index contributed by atoms with van der Waals surface area (Å²) in [5.74, 6) is 0. The summed E-state index contributed by atoms with van der Waals surface area (Å²) < 4.78 is 0. The molecule has 0 N–H and O–H groups in total. The average molecular weight is 106 g/mol. The fourth-order valence-electron chi connectivity index (χ4n) is 0.341. The Hall–Kier alpha value is -0.0626. The van der Waals surface area contributed by atoms with Crippen molar-refractivity contribution in [2.45, 2.75) is 6.92 Å². The summed E-state index contributed by atoms with van der Waals surface area (Å²) in [4.78, 5) is 0. The molecule has 0 saturated carbocycles. The van der Waals surface area contributed by atoms with E-state index in [9.17, 15) is 0 Å². The summed E-state index contributed by atoms with van der Waals surface area (Å²) in [5.41, 5.74) is 0.838. The van der Waals surface area contributed by atoms with Crippen LogP contribution < -0.4 is 18.9 Å². The molecular weight excluding hydrogens is 95.0 g/mol. The fourth-order valence-corrected chi connectivity index (χ4v) is 0.341. The van der Waals surface area contributed by atoms with Gasteiger partial charge in [0.15, 0.2) is 0 Å². The van der Waals surface area contributed by atoms with E-state index in [4.69, 9.17) is 0 Å². The molecule has 0 bridgehead atoms. The standard InChI is InChI=1S/C5H11N2.Li/c1-5(2)6-7(3)4;/h1H2,2-4H3;/q-1;+1. The molecule has 8 heavy (non-hydrogen) atoms. The summed E-state index contributed by atoms with van der Waals surface area (Å²) in [6, 6.07) is 0. The minimum atomic E-state index is 0. The quantitative estimate of drug-likeness (QED) is 0.160. The first-order valence-electron chi connectivity index (χ1n) is 2.17. The van der Waals surface area contributed by atoms with Gasteiger partial charge in [-0.05, 0) is 0 Å². The van der Waals surface area contributed by atoms with Crippen LogP contribution in [0.15, 0.2) is 5.10 Å². The maximum Gasteiger partial charge on any atom is 1.00 e. The molecule has 42 valence electrons. The van der Waals surface area contributed by atoms with Crippen LogP contribution >= 0.6 is 0 Å². The van der Waals surface area contributed by atoms with Crippen molar-refractivity contribution in [3.8, 4) is 0 Å². The Balaban J connectivity index is 0. The van der Waals surface area contributed by atoms with Crippen molar-refractivity contribution in [1.82, 2.24) is 5.01 Å². The van der Waals surface area contributed by atoms with E-state index < -0.39 is 0 Å². The molecule has 0 aliphatic rings. The van der Waals surface area contributed by atoms with Gasteiger partial charge in [0, 0.05) is 14.1 Å². The second-order valence-corrected chi connectivity index (χ2v) is 1.68. The average Bonchev–Trinajstić information content (AvgIpc) is 1.27. The predicted octanol–water partition coefficient (Wildman–Crippen LogP) is -2.24. The van der Waals surface area contributed by atoms with Gasteiger partial charge in [0.2, 0.25) is 0 Å². The normalized spacial score (nSPS) is 10.1. The molecule has 0 aromatic heterocycles. The van der Waals surface area contributed by atoms with E-state index in [2.05, 4.69) is 12.0 Å². The van der Waals surface area contributed by atoms with Crippen molar-refractivity contribution in [3.63, 3.8) is 0 Å². The Morgan fingerprint density at radius 1 is 1.50 bits per heavy atom.